The van der Waals surface area contributed by atoms with Crippen LogP contribution in [0.3, 0.4) is 0 Å². The van der Waals surface area contributed by atoms with Gasteiger partial charge in [-0.05, 0) is 0 Å². The van der Waals surface area contributed by atoms with Gasteiger partial charge >= 0.3 is 0 Å². The maximum Gasteiger partial charge on any atom is 0.235 e. The van der Waals surface area contributed by atoms with Gasteiger partial charge in [0, 0.05) is 6.07 Å². The standard InChI is InChI=1S/C6H6N4O/c1-11-6-2-4(8)5(3-7)9-10-6/h2H,1H3,(H2,8,10). The summed E-state index contributed by atoms with van der Waals surface area (Å²) < 4.78 is 4.73. The third-order valence-corrected chi connectivity index (χ3v) is 1.12. The highest BCUT2D eigenvalue weighted by atomic mass is 16.5. The first kappa shape index (κ1) is 7.28. The number of aromatic nitrogens is 2. The summed E-state index contributed by atoms with van der Waals surface area (Å²) in [7, 11) is 1.45. The maximum absolute atomic E-state index is 8.41. The zero-order valence-corrected chi connectivity index (χ0v) is 5.90. The molecule has 0 radical (unpaired) electrons. The molecule has 5 heteroatoms. The lowest BCUT2D eigenvalue weighted by Gasteiger charge is -1.98. The molecular formula is C6H6N4O. The lowest BCUT2D eigenvalue weighted by Crippen LogP contribution is -1.98. The Morgan fingerprint density at radius 2 is 2.36 bits per heavy atom. The molecule has 0 saturated heterocycles. The highest BCUT2D eigenvalue weighted by molar-refractivity contribution is 5.50. The molecule has 0 bridgehead atoms. The van der Waals surface area contributed by atoms with E-state index in [0.717, 1.165) is 0 Å². The van der Waals surface area contributed by atoms with E-state index >= 15 is 0 Å². The number of ether oxygens (including phenoxy) is 1. The summed E-state index contributed by atoms with van der Waals surface area (Å²) in [5.74, 6) is 0.307. The second-order valence-electron chi connectivity index (χ2n) is 1.80. The molecule has 1 aromatic rings. The number of nitrogens with zero attached hydrogens (tertiary/aromatic N) is 3. The van der Waals surface area contributed by atoms with Gasteiger partial charge in [-0.3, -0.25) is 0 Å². The summed E-state index contributed by atoms with van der Waals surface area (Å²) in [6.07, 6.45) is 0. The summed E-state index contributed by atoms with van der Waals surface area (Å²) >= 11 is 0. The number of hydrogen-bond acceptors (Lipinski definition) is 5. The minimum absolute atomic E-state index is 0.116. The molecule has 1 aromatic heterocycles. The van der Waals surface area contributed by atoms with Crippen molar-refractivity contribution in [3.05, 3.63) is 11.8 Å². The van der Waals surface area contributed by atoms with Crippen LogP contribution in [0.5, 0.6) is 5.88 Å². The second kappa shape index (κ2) is 2.84. The average molecular weight is 150 g/mol. The Balaban J connectivity index is 3.12. The fraction of sp³-hybridized carbons (Fsp3) is 0.167. The summed E-state index contributed by atoms with van der Waals surface area (Å²) in [5, 5.41) is 15.5. The molecule has 0 aliphatic carbocycles. The van der Waals surface area contributed by atoms with Gasteiger partial charge in [0.1, 0.15) is 6.07 Å². The number of methoxy groups -OCH3 is 1. The van der Waals surface area contributed by atoms with Crippen molar-refractivity contribution in [3.8, 4) is 11.9 Å². The van der Waals surface area contributed by atoms with Crippen LogP contribution in [-0.4, -0.2) is 17.3 Å². The molecule has 0 spiro atoms. The normalized spacial score (nSPS) is 8.73. The predicted molar refractivity (Wildman–Crippen MR) is 37.7 cm³/mol. The van der Waals surface area contributed by atoms with Crippen LogP contribution in [0.1, 0.15) is 5.69 Å². The molecule has 0 atom stereocenters. The summed E-state index contributed by atoms with van der Waals surface area (Å²) in [4.78, 5) is 0. The van der Waals surface area contributed by atoms with Crippen LogP contribution >= 0.6 is 0 Å². The minimum atomic E-state index is 0.116. The van der Waals surface area contributed by atoms with Gasteiger partial charge in [-0.1, -0.05) is 0 Å². The SMILES string of the molecule is COc1cc(N)c(C#N)nn1. The molecule has 56 valence electrons. The van der Waals surface area contributed by atoms with Crippen molar-refractivity contribution in [2.75, 3.05) is 12.8 Å². The van der Waals surface area contributed by atoms with E-state index in [1.165, 1.54) is 13.2 Å². The molecule has 11 heavy (non-hydrogen) atoms. The Hall–Kier alpha value is -1.83. The van der Waals surface area contributed by atoms with E-state index in [9.17, 15) is 0 Å². The second-order valence-corrected chi connectivity index (χ2v) is 1.80. The van der Waals surface area contributed by atoms with Crippen molar-refractivity contribution in [2.45, 2.75) is 0 Å². The van der Waals surface area contributed by atoms with Crippen molar-refractivity contribution in [2.24, 2.45) is 0 Å². The zero-order valence-electron chi connectivity index (χ0n) is 5.90. The molecule has 0 aromatic carbocycles. The van der Waals surface area contributed by atoms with Crippen LogP contribution in [-0.2, 0) is 0 Å². The Labute approximate surface area is 63.4 Å². The Kier molecular flexibility index (Phi) is 1.88. The van der Waals surface area contributed by atoms with Crippen LogP contribution in [0.2, 0.25) is 0 Å². The van der Waals surface area contributed by atoms with Crippen molar-refractivity contribution >= 4 is 5.69 Å². The first-order chi connectivity index (χ1) is 5.27. The van der Waals surface area contributed by atoms with E-state index in [4.69, 9.17) is 15.7 Å². The number of hydrogen-bond donors (Lipinski definition) is 1. The first-order valence-corrected chi connectivity index (χ1v) is 2.85. The van der Waals surface area contributed by atoms with Crippen molar-refractivity contribution in [1.29, 1.82) is 5.26 Å². The molecule has 0 fully saturated rings. The molecule has 1 rings (SSSR count). The number of rotatable bonds is 1. The number of nitrogens with two attached hydrogens (primary N) is 1. The van der Waals surface area contributed by atoms with E-state index in [1.54, 1.807) is 6.07 Å². The quantitative estimate of drug-likeness (QED) is 0.606. The topological polar surface area (TPSA) is 84.8 Å². The molecule has 1 heterocycles. The molecule has 0 aliphatic rings. The van der Waals surface area contributed by atoms with Crippen molar-refractivity contribution < 1.29 is 4.74 Å². The van der Waals surface area contributed by atoms with Gasteiger partial charge < -0.3 is 10.5 Å². The van der Waals surface area contributed by atoms with Crippen LogP contribution in [0.15, 0.2) is 6.07 Å². The van der Waals surface area contributed by atoms with Crippen molar-refractivity contribution in [1.82, 2.24) is 10.2 Å². The Morgan fingerprint density at radius 1 is 1.64 bits per heavy atom. The minimum Gasteiger partial charge on any atom is -0.480 e. The van der Waals surface area contributed by atoms with E-state index in [2.05, 4.69) is 10.2 Å². The van der Waals surface area contributed by atoms with Gasteiger partial charge in [-0.25, -0.2) is 0 Å². The third kappa shape index (κ3) is 1.35. The van der Waals surface area contributed by atoms with Crippen LogP contribution < -0.4 is 10.5 Å². The maximum atomic E-state index is 8.41. The fourth-order valence-corrected chi connectivity index (χ4v) is 0.574. The molecule has 0 saturated carbocycles. The van der Waals surface area contributed by atoms with Gasteiger partial charge in [0.2, 0.25) is 5.88 Å². The third-order valence-electron chi connectivity index (χ3n) is 1.12. The number of nitrogen functional groups attached to an aromatic ring is 1. The summed E-state index contributed by atoms with van der Waals surface area (Å²) in [6.45, 7) is 0. The Bertz CT molecular complexity index is 304. The molecule has 0 unspecified atom stereocenters. The van der Waals surface area contributed by atoms with E-state index < -0.39 is 0 Å². The first-order valence-electron chi connectivity index (χ1n) is 2.85. The molecule has 2 N–H and O–H groups in total. The lowest BCUT2D eigenvalue weighted by atomic mass is 10.3. The summed E-state index contributed by atoms with van der Waals surface area (Å²) in [6, 6.07) is 3.24. The van der Waals surface area contributed by atoms with E-state index in [1.807, 2.05) is 0 Å². The number of anilines is 1. The van der Waals surface area contributed by atoms with E-state index in [-0.39, 0.29) is 11.4 Å². The highest BCUT2D eigenvalue weighted by Gasteiger charge is 2.01. The number of nitriles is 1. The Morgan fingerprint density at radius 3 is 2.82 bits per heavy atom. The highest BCUT2D eigenvalue weighted by Crippen LogP contribution is 2.11. The van der Waals surface area contributed by atoms with Gasteiger partial charge in [0.15, 0.2) is 5.69 Å². The molecule has 0 amide bonds. The smallest absolute Gasteiger partial charge is 0.235 e. The van der Waals surface area contributed by atoms with Gasteiger partial charge in [-0.15, -0.1) is 10.2 Å². The van der Waals surface area contributed by atoms with Gasteiger partial charge in [-0.2, -0.15) is 5.26 Å². The van der Waals surface area contributed by atoms with Crippen LogP contribution in [0, 0.1) is 11.3 Å². The van der Waals surface area contributed by atoms with Gasteiger partial charge in [0.25, 0.3) is 0 Å². The molecule has 0 aliphatic heterocycles. The molecular weight excluding hydrogens is 144 g/mol. The van der Waals surface area contributed by atoms with Gasteiger partial charge in [0.05, 0.1) is 12.8 Å². The fourth-order valence-electron chi connectivity index (χ4n) is 0.574. The van der Waals surface area contributed by atoms with E-state index in [0.29, 0.717) is 5.88 Å². The zero-order chi connectivity index (χ0) is 8.27. The largest absolute Gasteiger partial charge is 0.480 e. The van der Waals surface area contributed by atoms with Crippen molar-refractivity contribution in [3.63, 3.8) is 0 Å². The monoisotopic (exact) mass is 150 g/mol. The lowest BCUT2D eigenvalue weighted by molar-refractivity contribution is 0.392. The average Bonchev–Trinajstić information content (AvgIpc) is 2.04. The van der Waals surface area contributed by atoms with Crippen LogP contribution in [0.4, 0.5) is 5.69 Å². The summed E-state index contributed by atoms with van der Waals surface area (Å²) in [5.41, 5.74) is 5.80. The molecule has 5 nitrogen and oxygen atoms in total. The predicted octanol–water partition coefficient (Wildman–Crippen LogP) is -0.0609. The van der Waals surface area contributed by atoms with Crippen LogP contribution in [0.25, 0.3) is 0 Å².